The Hall–Kier alpha value is -2.79. The quantitative estimate of drug-likeness (QED) is 0.429. The van der Waals surface area contributed by atoms with Crippen LogP contribution in [0.25, 0.3) is 11.3 Å². The Bertz CT molecular complexity index is 1380. The lowest BCUT2D eigenvalue weighted by atomic mass is 9.94. The van der Waals surface area contributed by atoms with Gasteiger partial charge in [-0.15, -0.1) is 0 Å². The third-order valence-corrected chi connectivity index (χ3v) is 8.41. The molecule has 1 aliphatic rings. The van der Waals surface area contributed by atoms with Gasteiger partial charge in [0.1, 0.15) is 17.0 Å². The van der Waals surface area contributed by atoms with Crippen molar-refractivity contribution in [3.63, 3.8) is 0 Å². The van der Waals surface area contributed by atoms with Gasteiger partial charge in [-0.3, -0.25) is 10.1 Å². The molecule has 2 heterocycles. The van der Waals surface area contributed by atoms with E-state index in [-0.39, 0.29) is 15.6 Å². The monoisotopic (exact) mass is 546 g/mol. The summed E-state index contributed by atoms with van der Waals surface area (Å²) >= 11 is 11.6. The van der Waals surface area contributed by atoms with E-state index in [0.717, 1.165) is 6.42 Å². The molecule has 1 aliphatic heterocycles. The number of piperidine rings is 1. The molecule has 2 N–H and O–H groups in total. The Kier molecular flexibility index (Phi) is 7.79. The lowest BCUT2D eigenvalue weighted by molar-refractivity contribution is 0.0976. The van der Waals surface area contributed by atoms with Crippen molar-refractivity contribution in [2.45, 2.75) is 32.1 Å². The summed E-state index contributed by atoms with van der Waals surface area (Å²) in [5.41, 5.74) is 1.63. The second-order valence-corrected chi connectivity index (χ2v) is 11.9. The number of anilines is 1. The molecule has 1 amide bonds. The minimum Gasteiger partial charge on any atom is -0.360 e. The minimum absolute atomic E-state index is 0.0417. The van der Waals surface area contributed by atoms with Crippen LogP contribution < -0.4 is 10.6 Å². The van der Waals surface area contributed by atoms with E-state index in [1.807, 2.05) is 0 Å². The predicted octanol–water partition coefficient (Wildman–Crippen LogP) is 5.10. The Morgan fingerprint density at radius 3 is 2.39 bits per heavy atom. The second-order valence-electron chi connectivity index (χ2n) is 9.14. The number of carbonyl (C=O) groups is 1. The van der Waals surface area contributed by atoms with E-state index in [2.05, 4.69) is 29.6 Å². The van der Waals surface area contributed by atoms with E-state index in [1.165, 1.54) is 12.1 Å². The van der Waals surface area contributed by atoms with Crippen molar-refractivity contribution < 1.29 is 17.7 Å². The zero-order chi connectivity index (χ0) is 26.0. The second kappa shape index (κ2) is 10.7. The van der Waals surface area contributed by atoms with Gasteiger partial charge in [-0.25, -0.2) is 8.42 Å². The van der Waals surface area contributed by atoms with Crippen LogP contribution >= 0.6 is 23.8 Å². The molecule has 11 heteroatoms. The maximum atomic E-state index is 13.1. The number of nitrogens with zero attached hydrogens (tertiary/aromatic N) is 2. The maximum absolute atomic E-state index is 13.1. The summed E-state index contributed by atoms with van der Waals surface area (Å²) in [5.74, 6) is 0.450. The van der Waals surface area contributed by atoms with Gasteiger partial charge in [0.2, 0.25) is 10.0 Å². The normalized spacial score (nSPS) is 18.6. The highest BCUT2D eigenvalue weighted by molar-refractivity contribution is 7.89. The van der Waals surface area contributed by atoms with Crippen molar-refractivity contribution >= 4 is 50.5 Å². The molecule has 0 bridgehead atoms. The standard InChI is InChI=1S/C25H27ClN4O4S2/c1-15-12-16(2)14-30(13-15)36(32,33)19-10-8-18(9-11-19)27-25(35)28-24(31)22-17(3)34-29-23(22)20-6-4-5-7-21(20)26/h4-11,15-16H,12-14H2,1-3H3,(H2,27,28,31,35)/t15-,16-/m0/s1. The first-order chi connectivity index (χ1) is 17.1. The molecule has 8 nitrogen and oxygen atoms in total. The van der Waals surface area contributed by atoms with Crippen molar-refractivity contribution in [2.75, 3.05) is 18.4 Å². The van der Waals surface area contributed by atoms with Gasteiger partial charge in [0.25, 0.3) is 5.91 Å². The number of benzene rings is 2. The molecule has 36 heavy (non-hydrogen) atoms. The van der Waals surface area contributed by atoms with Crippen molar-refractivity contribution in [3.05, 3.63) is 64.9 Å². The summed E-state index contributed by atoms with van der Waals surface area (Å²) in [5, 5.41) is 10.0. The molecule has 2 aromatic carbocycles. The summed E-state index contributed by atoms with van der Waals surface area (Å²) in [6.45, 7) is 6.79. The number of hydrogen-bond donors (Lipinski definition) is 2. The number of halogens is 1. The van der Waals surface area contributed by atoms with Crippen molar-refractivity contribution in [1.29, 1.82) is 0 Å². The molecule has 190 valence electrons. The van der Waals surface area contributed by atoms with E-state index in [4.69, 9.17) is 28.3 Å². The maximum Gasteiger partial charge on any atom is 0.263 e. The highest BCUT2D eigenvalue weighted by atomic mass is 35.5. The molecular formula is C25H27ClN4O4S2. The fraction of sp³-hybridized carbons (Fsp3) is 0.320. The smallest absolute Gasteiger partial charge is 0.263 e. The molecule has 1 saturated heterocycles. The molecule has 3 aromatic rings. The Morgan fingerprint density at radius 2 is 1.75 bits per heavy atom. The number of sulfonamides is 1. The van der Waals surface area contributed by atoms with Crippen LogP contribution in [-0.2, 0) is 10.0 Å². The van der Waals surface area contributed by atoms with Gasteiger partial charge in [0, 0.05) is 24.3 Å². The summed E-state index contributed by atoms with van der Waals surface area (Å²) < 4.78 is 33.0. The van der Waals surface area contributed by atoms with Gasteiger partial charge in [-0.05, 0) is 67.7 Å². The predicted molar refractivity (Wildman–Crippen MR) is 144 cm³/mol. The fourth-order valence-electron chi connectivity index (χ4n) is 4.47. The number of carbonyl (C=O) groups excluding carboxylic acids is 1. The van der Waals surface area contributed by atoms with Crippen LogP contribution in [0.1, 0.15) is 36.4 Å². The SMILES string of the molecule is Cc1onc(-c2ccccc2Cl)c1C(=O)NC(=S)Nc1ccc(S(=O)(=O)N2C[C@@H](C)C[C@H](C)C2)cc1. The molecule has 0 unspecified atom stereocenters. The van der Waals surface area contributed by atoms with Crippen LogP contribution in [0.2, 0.25) is 5.02 Å². The van der Waals surface area contributed by atoms with E-state index >= 15 is 0 Å². The lowest BCUT2D eigenvalue weighted by Crippen LogP contribution is -2.42. The topological polar surface area (TPSA) is 105 Å². The summed E-state index contributed by atoms with van der Waals surface area (Å²) in [7, 11) is -3.59. The highest BCUT2D eigenvalue weighted by Gasteiger charge is 2.31. The molecule has 0 aliphatic carbocycles. The molecular weight excluding hydrogens is 520 g/mol. The number of amides is 1. The van der Waals surface area contributed by atoms with Gasteiger partial charge >= 0.3 is 0 Å². The Morgan fingerprint density at radius 1 is 1.11 bits per heavy atom. The average Bonchev–Trinajstić information content (AvgIpc) is 3.20. The first-order valence-corrected chi connectivity index (χ1v) is 13.7. The molecule has 0 radical (unpaired) electrons. The molecule has 2 atom stereocenters. The zero-order valence-electron chi connectivity index (χ0n) is 20.1. The van der Waals surface area contributed by atoms with Crippen LogP contribution in [0.15, 0.2) is 57.9 Å². The van der Waals surface area contributed by atoms with Crippen LogP contribution in [0.4, 0.5) is 5.69 Å². The number of thiocarbonyl (C=S) groups is 1. The summed E-state index contributed by atoms with van der Waals surface area (Å²) in [4.78, 5) is 13.2. The summed E-state index contributed by atoms with van der Waals surface area (Å²) in [6, 6.07) is 13.3. The number of rotatable bonds is 5. The number of aromatic nitrogens is 1. The molecule has 0 saturated carbocycles. The van der Waals surface area contributed by atoms with E-state index in [0.29, 0.717) is 52.7 Å². The molecule has 1 aromatic heterocycles. The lowest BCUT2D eigenvalue weighted by Gasteiger charge is -2.34. The number of aryl methyl sites for hydroxylation is 1. The molecule has 1 fully saturated rings. The van der Waals surface area contributed by atoms with Gasteiger partial charge in [0.05, 0.1) is 9.92 Å². The van der Waals surface area contributed by atoms with E-state index in [9.17, 15) is 13.2 Å². The number of nitrogens with one attached hydrogen (secondary N) is 2. The fourth-order valence-corrected chi connectivity index (χ4v) is 6.58. The van der Waals surface area contributed by atoms with E-state index in [1.54, 1.807) is 47.6 Å². The van der Waals surface area contributed by atoms with Crippen molar-refractivity contribution in [3.8, 4) is 11.3 Å². The molecule has 4 rings (SSSR count). The van der Waals surface area contributed by atoms with Gasteiger partial charge in [-0.2, -0.15) is 4.31 Å². The third kappa shape index (κ3) is 5.62. The summed E-state index contributed by atoms with van der Waals surface area (Å²) in [6.07, 6.45) is 1.02. The Balaban J connectivity index is 1.44. The first kappa shape index (κ1) is 26.3. The van der Waals surface area contributed by atoms with Gasteiger partial charge < -0.3 is 9.84 Å². The van der Waals surface area contributed by atoms with Crippen LogP contribution in [-0.4, -0.2) is 42.0 Å². The van der Waals surface area contributed by atoms with Crippen molar-refractivity contribution in [1.82, 2.24) is 14.8 Å². The van der Waals surface area contributed by atoms with Crippen LogP contribution in [0, 0.1) is 18.8 Å². The first-order valence-electron chi connectivity index (χ1n) is 11.5. The highest BCUT2D eigenvalue weighted by Crippen LogP contribution is 2.31. The van der Waals surface area contributed by atoms with Crippen LogP contribution in [0.5, 0.6) is 0 Å². The van der Waals surface area contributed by atoms with Gasteiger partial charge in [-0.1, -0.05) is 48.8 Å². The zero-order valence-corrected chi connectivity index (χ0v) is 22.5. The van der Waals surface area contributed by atoms with E-state index < -0.39 is 15.9 Å². The van der Waals surface area contributed by atoms with Crippen LogP contribution in [0.3, 0.4) is 0 Å². The molecule has 0 spiro atoms. The largest absolute Gasteiger partial charge is 0.360 e. The minimum atomic E-state index is -3.59. The number of hydrogen-bond acceptors (Lipinski definition) is 6. The third-order valence-electron chi connectivity index (χ3n) is 6.03. The Labute approximate surface area is 221 Å². The van der Waals surface area contributed by atoms with Crippen molar-refractivity contribution in [2.24, 2.45) is 11.8 Å². The van der Waals surface area contributed by atoms with Gasteiger partial charge in [0.15, 0.2) is 5.11 Å². The average molecular weight is 547 g/mol.